The number of hydrogen-bond donors (Lipinski definition) is 4. The molecule has 1 rings (SSSR count). The molecule has 0 aliphatic rings. The first-order chi connectivity index (χ1) is 10.7. The first kappa shape index (κ1) is 18.1. The lowest BCUT2D eigenvalue weighted by atomic mass is 10.1. The smallest absolute Gasteiger partial charge is 0.253 e. The van der Waals surface area contributed by atoms with Gasteiger partial charge in [-0.1, -0.05) is 25.0 Å². The molecule has 0 fully saturated rings. The summed E-state index contributed by atoms with van der Waals surface area (Å²) in [6, 6.07) is 6.96. The predicted molar refractivity (Wildman–Crippen MR) is 88.6 cm³/mol. The molecule has 1 aromatic rings. The molecule has 0 aliphatic carbocycles. The molecule has 0 unspecified atom stereocenters. The first-order valence-electron chi connectivity index (χ1n) is 7.76. The number of unbranched alkanes of at least 4 members (excludes halogenated alkanes) is 3. The van der Waals surface area contributed by atoms with E-state index in [-0.39, 0.29) is 11.8 Å². The Hall–Kier alpha value is -1.92. The van der Waals surface area contributed by atoms with Crippen LogP contribution in [-0.2, 0) is 4.79 Å². The van der Waals surface area contributed by atoms with E-state index in [1.807, 2.05) is 0 Å². The fraction of sp³-hybridized carbons (Fsp3) is 0.500. The van der Waals surface area contributed by atoms with Gasteiger partial charge in [0.2, 0.25) is 5.91 Å². The largest absolute Gasteiger partial charge is 0.351 e. The average molecular weight is 306 g/mol. The summed E-state index contributed by atoms with van der Waals surface area (Å²) in [6.45, 7) is 1.48. The number of nitrogens with two attached hydrogens (primary N) is 2. The maximum Gasteiger partial charge on any atom is 0.253 e. The number of carbonyl (C=O) groups is 2. The maximum atomic E-state index is 12.0. The molecule has 0 saturated carbocycles. The number of benzene rings is 1. The molecule has 0 aliphatic heterocycles. The number of anilines is 1. The van der Waals surface area contributed by atoms with Crippen molar-refractivity contribution in [3.8, 4) is 0 Å². The van der Waals surface area contributed by atoms with Crippen LogP contribution in [0.15, 0.2) is 24.3 Å². The van der Waals surface area contributed by atoms with E-state index >= 15 is 0 Å². The topological polar surface area (TPSA) is 110 Å². The zero-order valence-electron chi connectivity index (χ0n) is 12.9. The molecule has 22 heavy (non-hydrogen) atoms. The van der Waals surface area contributed by atoms with Crippen molar-refractivity contribution >= 4 is 17.5 Å². The fourth-order valence-electron chi connectivity index (χ4n) is 2.07. The van der Waals surface area contributed by atoms with Crippen LogP contribution in [0.25, 0.3) is 0 Å². The van der Waals surface area contributed by atoms with Crippen LogP contribution in [-0.4, -0.2) is 31.4 Å². The molecule has 0 saturated heterocycles. The Morgan fingerprint density at radius 1 is 0.955 bits per heavy atom. The van der Waals surface area contributed by atoms with Crippen LogP contribution in [0.2, 0.25) is 0 Å². The van der Waals surface area contributed by atoms with Crippen molar-refractivity contribution in [3.63, 3.8) is 0 Å². The average Bonchev–Trinajstić information content (AvgIpc) is 2.53. The Kier molecular flexibility index (Phi) is 8.86. The Labute approximate surface area is 131 Å². The van der Waals surface area contributed by atoms with Gasteiger partial charge in [-0.15, -0.1) is 0 Å². The van der Waals surface area contributed by atoms with Crippen molar-refractivity contribution in [2.45, 2.75) is 32.1 Å². The second-order valence-electron chi connectivity index (χ2n) is 5.09. The van der Waals surface area contributed by atoms with Crippen molar-refractivity contribution in [1.29, 1.82) is 0 Å². The lowest BCUT2D eigenvalue weighted by Gasteiger charge is -2.11. The van der Waals surface area contributed by atoms with Gasteiger partial charge in [-0.25, -0.2) is 0 Å². The van der Waals surface area contributed by atoms with Crippen LogP contribution in [0.4, 0.5) is 5.69 Å². The Bertz CT molecular complexity index is 477. The van der Waals surface area contributed by atoms with Gasteiger partial charge in [0.1, 0.15) is 0 Å². The number of hydrogen-bond acceptors (Lipinski definition) is 4. The van der Waals surface area contributed by atoms with Crippen LogP contribution in [0.3, 0.4) is 0 Å². The number of para-hydroxylation sites is 1. The highest BCUT2D eigenvalue weighted by atomic mass is 16.2. The molecule has 0 radical (unpaired) electrons. The molecule has 0 spiro atoms. The Balaban J connectivity index is 2.50. The molecule has 2 amide bonds. The third-order valence-corrected chi connectivity index (χ3v) is 3.23. The van der Waals surface area contributed by atoms with Crippen molar-refractivity contribution in [1.82, 2.24) is 5.32 Å². The fourth-order valence-corrected chi connectivity index (χ4v) is 2.07. The summed E-state index contributed by atoms with van der Waals surface area (Å²) >= 11 is 0. The van der Waals surface area contributed by atoms with E-state index in [2.05, 4.69) is 10.6 Å². The monoisotopic (exact) mass is 306 g/mol. The minimum Gasteiger partial charge on any atom is -0.351 e. The van der Waals surface area contributed by atoms with Crippen molar-refractivity contribution in [3.05, 3.63) is 29.8 Å². The van der Waals surface area contributed by atoms with Crippen LogP contribution in [0.5, 0.6) is 0 Å². The number of amides is 2. The molecule has 1 aromatic carbocycles. The standard InChI is InChI=1S/C16H26N4O2/c17-10-6-2-1-3-9-15(21)20-14-8-5-4-7-13(14)16(22)19-12-11-18/h4-5,7-8H,1-3,6,9-12,17-18H2,(H,19,22)(H,20,21). The molecular formula is C16H26N4O2. The van der Waals surface area contributed by atoms with Crippen molar-refractivity contribution in [2.24, 2.45) is 11.5 Å². The zero-order chi connectivity index (χ0) is 16.2. The third-order valence-electron chi connectivity index (χ3n) is 3.23. The zero-order valence-corrected chi connectivity index (χ0v) is 12.9. The number of nitrogens with one attached hydrogen (secondary N) is 2. The normalized spacial score (nSPS) is 10.3. The molecule has 6 nitrogen and oxygen atoms in total. The summed E-state index contributed by atoms with van der Waals surface area (Å²) < 4.78 is 0. The summed E-state index contributed by atoms with van der Waals surface area (Å²) in [5.41, 5.74) is 11.8. The summed E-state index contributed by atoms with van der Waals surface area (Å²) in [7, 11) is 0. The van der Waals surface area contributed by atoms with E-state index in [1.54, 1.807) is 24.3 Å². The van der Waals surface area contributed by atoms with E-state index in [0.29, 0.717) is 37.3 Å². The quantitative estimate of drug-likeness (QED) is 0.487. The van der Waals surface area contributed by atoms with E-state index in [9.17, 15) is 9.59 Å². The number of rotatable bonds is 10. The second-order valence-corrected chi connectivity index (χ2v) is 5.09. The van der Waals surface area contributed by atoms with Gasteiger partial charge in [-0.3, -0.25) is 9.59 Å². The maximum absolute atomic E-state index is 12.0. The van der Waals surface area contributed by atoms with Gasteiger partial charge in [-0.2, -0.15) is 0 Å². The summed E-state index contributed by atoms with van der Waals surface area (Å²) in [5, 5.41) is 5.50. The summed E-state index contributed by atoms with van der Waals surface area (Å²) in [4.78, 5) is 24.0. The van der Waals surface area contributed by atoms with E-state index < -0.39 is 0 Å². The lowest BCUT2D eigenvalue weighted by Crippen LogP contribution is -2.29. The summed E-state index contributed by atoms with van der Waals surface area (Å²) in [6.07, 6.45) is 4.30. The molecule has 0 atom stereocenters. The van der Waals surface area contributed by atoms with E-state index in [1.165, 1.54) is 0 Å². The highest BCUT2D eigenvalue weighted by Gasteiger charge is 2.12. The Morgan fingerprint density at radius 2 is 1.68 bits per heavy atom. The van der Waals surface area contributed by atoms with Gasteiger partial charge < -0.3 is 22.1 Å². The van der Waals surface area contributed by atoms with Crippen molar-refractivity contribution < 1.29 is 9.59 Å². The predicted octanol–water partition coefficient (Wildman–Crippen LogP) is 1.22. The molecule has 0 bridgehead atoms. The SMILES string of the molecule is NCCCCCCC(=O)Nc1ccccc1C(=O)NCCN. The van der Waals surface area contributed by atoms with Gasteiger partial charge in [0.15, 0.2) is 0 Å². The molecule has 6 heteroatoms. The van der Waals surface area contributed by atoms with Crippen LogP contribution >= 0.6 is 0 Å². The molecular weight excluding hydrogens is 280 g/mol. The Morgan fingerprint density at radius 3 is 2.41 bits per heavy atom. The second kappa shape index (κ2) is 10.8. The molecule has 0 aromatic heterocycles. The van der Waals surface area contributed by atoms with Crippen molar-refractivity contribution in [2.75, 3.05) is 25.0 Å². The minimum absolute atomic E-state index is 0.0770. The highest BCUT2D eigenvalue weighted by Crippen LogP contribution is 2.15. The summed E-state index contributed by atoms with van der Waals surface area (Å²) in [5.74, 6) is -0.309. The van der Waals surface area contributed by atoms with Gasteiger partial charge in [0, 0.05) is 19.5 Å². The minimum atomic E-state index is -0.232. The molecule has 6 N–H and O–H groups in total. The highest BCUT2D eigenvalue weighted by molar-refractivity contribution is 6.03. The first-order valence-corrected chi connectivity index (χ1v) is 7.76. The van der Waals surface area contributed by atoms with Crippen LogP contribution in [0.1, 0.15) is 42.5 Å². The third kappa shape index (κ3) is 6.69. The lowest BCUT2D eigenvalue weighted by molar-refractivity contribution is -0.116. The van der Waals surface area contributed by atoms with Gasteiger partial charge in [-0.05, 0) is 31.5 Å². The van der Waals surface area contributed by atoms with E-state index in [0.717, 1.165) is 25.7 Å². The van der Waals surface area contributed by atoms with Gasteiger partial charge in [0.25, 0.3) is 5.91 Å². The number of carbonyl (C=O) groups excluding carboxylic acids is 2. The van der Waals surface area contributed by atoms with Crippen LogP contribution in [0, 0.1) is 0 Å². The molecule has 122 valence electrons. The van der Waals surface area contributed by atoms with Crippen LogP contribution < -0.4 is 22.1 Å². The van der Waals surface area contributed by atoms with E-state index in [4.69, 9.17) is 11.5 Å². The molecule has 0 heterocycles. The van der Waals surface area contributed by atoms with Gasteiger partial charge >= 0.3 is 0 Å². The van der Waals surface area contributed by atoms with Gasteiger partial charge in [0.05, 0.1) is 11.3 Å².